The van der Waals surface area contributed by atoms with Crippen LogP contribution >= 0.6 is 0 Å². The molecule has 0 spiro atoms. The van der Waals surface area contributed by atoms with Crippen molar-refractivity contribution < 1.29 is 4.52 Å². The van der Waals surface area contributed by atoms with Crippen LogP contribution in [0.1, 0.15) is 63.1 Å². The highest BCUT2D eigenvalue weighted by molar-refractivity contribution is 5.00. The van der Waals surface area contributed by atoms with Crippen LogP contribution in [0.4, 0.5) is 0 Å². The maximum atomic E-state index is 5.47. The van der Waals surface area contributed by atoms with Crippen LogP contribution in [0.3, 0.4) is 0 Å². The van der Waals surface area contributed by atoms with Crippen LogP contribution in [0.2, 0.25) is 0 Å². The average molecular weight is 263 g/mol. The summed E-state index contributed by atoms with van der Waals surface area (Å²) in [6.45, 7) is 4.55. The minimum Gasteiger partial charge on any atom is -0.339 e. The molecule has 1 aromatic rings. The Balaban J connectivity index is 1.57. The summed E-state index contributed by atoms with van der Waals surface area (Å²) in [4.78, 5) is 4.66. The fraction of sp³-hybridized carbons (Fsp3) is 0.867. The Bertz CT molecular complexity index is 398. The number of hydrogen-bond acceptors (Lipinski definition) is 4. The molecule has 1 saturated heterocycles. The van der Waals surface area contributed by atoms with Crippen LogP contribution in [0, 0.1) is 11.8 Å². The van der Waals surface area contributed by atoms with E-state index < -0.39 is 0 Å². The fourth-order valence-electron chi connectivity index (χ4n) is 3.53. The van der Waals surface area contributed by atoms with Crippen molar-refractivity contribution in [3.63, 3.8) is 0 Å². The highest BCUT2D eigenvalue weighted by atomic mass is 16.5. The molecule has 0 bridgehead atoms. The third-order valence-electron chi connectivity index (χ3n) is 4.89. The van der Waals surface area contributed by atoms with Crippen molar-refractivity contribution in [1.82, 2.24) is 15.5 Å². The molecule has 1 saturated carbocycles. The third kappa shape index (κ3) is 3.16. The van der Waals surface area contributed by atoms with Gasteiger partial charge >= 0.3 is 0 Å². The van der Waals surface area contributed by atoms with Gasteiger partial charge in [0.2, 0.25) is 5.89 Å². The second-order valence-electron chi connectivity index (χ2n) is 6.23. The van der Waals surface area contributed by atoms with E-state index >= 15 is 0 Å². The third-order valence-corrected chi connectivity index (χ3v) is 4.89. The van der Waals surface area contributed by atoms with Crippen LogP contribution in [0.25, 0.3) is 0 Å². The molecular formula is C15H25N3O. The van der Waals surface area contributed by atoms with E-state index in [4.69, 9.17) is 4.52 Å². The van der Waals surface area contributed by atoms with Crippen LogP contribution in [-0.2, 0) is 6.42 Å². The molecule has 3 rings (SSSR count). The smallest absolute Gasteiger partial charge is 0.226 e. The van der Waals surface area contributed by atoms with Gasteiger partial charge in [0.25, 0.3) is 0 Å². The Hall–Kier alpha value is -0.900. The number of rotatable bonds is 4. The van der Waals surface area contributed by atoms with Gasteiger partial charge in [-0.2, -0.15) is 4.98 Å². The van der Waals surface area contributed by atoms with Crippen molar-refractivity contribution in [2.24, 2.45) is 11.8 Å². The average Bonchev–Trinajstić information content (AvgIpc) is 3.08. The standard InChI is InChI=1S/C15H25N3O/c1-2-11-3-4-13(9-11)15-17-14(19-18-15)10-12-5-7-16-8-6-12/h11-13,16H,2-10H2,1H3. The monoisotopic (exact) mass is 263 g/mol. The van der Waals surface area contributed by atoms with E-state index in [1.54, 1.807) is 0 Å². The topological polar surface area (TPSA) is 51.0 Å². The molecule has 1 aliphatic carbocycles. The Kier molecular flexibility index (Phi) is 4.16. The number of aromatic nitrogens is 2. The Morgan fingerprint density at radius 2 is 2.00 bits per heavy atom. The molecule has 1 aliphatic heterocycles. The van der Waals surface area contributed by atoms with Crippen molar-refractivity contribution >= 4 is 0 Å². The van der Waals surface area contributed by atoms with Crippen LogP contribution in [0.15, 0.2) is 4.52 Å². The fourth-order valence-corrected chi connectivity index (χ4v) is 3.53. The molecule has 2 heterocycles. The first-order chi connectivity index (χ1) is 9.35. The summed E-state index contributed by atoms with van der Waals surface area (Å²) in [7, 11) is 0. The summed E-state index contributed by atoms with van der Waals surface area (Å²) in [6, 6.07) is 0. The summed E-state index contributed by atoms with van der Waals surface area (Å²) in [5, 5.41) is 7.63. The second-order valence-corrected chi connectivity index (χ2v) is 6.23. The van der Waals surface area contributed by atoms with Gasteiger partial charge in [-0.15, -0.1) is 0 Å². The van der Waals surface area contributed by atoms with Gasteiger partial charge in [-0.1, -0.05) is 18.5 Å². The summed E-state index contributed by atoms with van der Waals surface area (Å²) in [5.74, 6) is 3.98. The van der Waals surface area contributed by atoms with Crippen LogP contribution in [0.5, 0.6) is 0 Å². The van der Waals surface area contributed by atoms with Gasteiger partial charge in [0.15, 0.2) is 5.82 Å². The van der Waals surface area contributed by atoms with Gasteiger partial charge < -0.3 is 9.84 Å². The van der Waals surface area contributed by atoms with E-state index in [0.717, 1.165) is 43.1 Å². The van der Waals surface area contributed by atoms with Gasteiger partial charge in [-0.3, -0.25) is 0 Å². The molecule has 4 heteroatoms. The quantitative estimate of drug-likeness (QED) is 0.907. The van der Waals surface area contributed by atoms with Crippen molar-refractivity contribution in [2.75, 3.05) is 13.1 Å². The van der Waals surface area contributed by atoms with Crippen LogP contribution in [-0.4, -0.2) is 23.2 Å². The molecule has 0 aromatic carbocycles. The summed E-state index contributed by atoms with van der Waals surface area (Å²) < 4.78 is 5.47. The number of piperidine rings is 1. The van der Waals surface area contributed by atoms with E-state index in [-0.39, 0.29) is 0 Å². The van der Waals surface area contributed by atoms with Gasteiger partial charge in [-0.25, -0.2) is 0 Å². The van der Waals surface area contributed by atoms with Crippen molar-refractivity contribution in [1.29, 1.82) is 0 Å². The zero-order valence-corrected chi connectivity index (χ0v) is 11.9. The van der Waals surface area contributed by atoms with Gasteiger partial charge in [-0.05, 0) is 57.0 Å². The Labute approximate surface area is 115 Å². The molecule has 2 atom stereocenters. The highest BCUT2D eigenvalue weighted by Gasteiger charge is 2.28. The Morgan fingerprint density at radius 1 is 1.16 bits per heavy atom. The molecule has 2 fully saturated rings. The highest BCUT2D eigenvalue weighted by Crippen LogP contribution is 2.38. The second kappa shape index (κ2) is 6.04. The summed E-state index contributed by atoms with van der Waals surface area (Å²) in [5.41, 5.74) is 0. The van der Waals surface area contributed by atoms with E-state index in [9.17, 15) is 0 Å². The molecule has 1 N–H and O–H groups in total. The number of nitrogens with zero attached hydrogens (tertiary/aromatic N) is 2. The van der Waals surface area contributed by atoms with Gasteiger partial charge in [0.05, 0.1) is 0 Å². The zero-order valence-electron chi connectivity index (χ0n) is 11.9. The van der Waals surface area contributed by atoms with E-state index in [0.29, 0.717) is 5.92 Å². The van der Waals surface area contributed by atoms with Gasteiger partial charge in [0, 0.05) is 12.3 Å². The Morgan fingerprint density at radius 3 is 2.74 bits per heavy atom. The molecular weight excluding hydrogens is 238 g/mol. The predicted molar refractivity (Wildman–Crippen MR) is 74.0 cm³/mol. The van der Waals surface area contributed by atoms with Crippen molar-refractivity contribution in [3.8, 4) is 0 Å². The number of nitrogens with one attached hydrogen (secondary N) is 1. The summed E-state index contributed by atoms with van der Waals surface area (Å²) >= 11 is 0. The maximum Gasteiger partial charge on any atom is 0.226 e. The first-order valence-electron chi connectivity index (χ1n) is 7.88. The first kappa shape index (κ1) is 13.1. The molecule has 106 valence electrons. The largest absolute Gasteiger partial charge is 0.339 e. The first-order valence-corrected chi connectivity index (χ1v) is 7.88. The molecule has 19 heavy (non-hydrogen) atoms. The van der Waals surface area contributed by atoms with E-state index in [1.165, 1.54) is 38.5 Å². The van der Waals surface area contributed by atoms with Crippen molar-refractivity contribution in [3.05, 3.63) is 11.7 Å². The molecule has 0 radical (unpaired) electrons. The van der Waals surface area contributed by atoms with Crippen LogP contribution < -0.4 is 5.32 Å². The van der Waals surface area contributed by atoms with Crippen molar-refractivity contribution in [2.45, 2.75) is 57.8 Å². The maximum absolute atomic E-state index is 5.47. The lowest BCUT2D eigenvalue weighted by Gasteiger charge is -2.20. The summed E-state index contributed by atoms with van der Waals surface area (Å²) in [6.07, 6.45) is 8.56. The molecule has 2 unspecified atom stereocenters. The minimum atomic E-state index is 0.551. The lowest BCUT2D eigenvalue weighted by Crippen LogP contribution is -2.28. The SMILES string of the molecule is CCC1CCC(c2noc(CC3CCNCC3)n2)C1. The lowest BCUT2D eigenvalue weighted by atomic mass is 9.95. The van der Waals surface area contributed by atoms with E-state index in [1.807, 2.05) is 0 Å². The minimum absolute atomic E-state index is 0.551. The van der Waals surface area contributed by atoms with E-state index in [2.05, 4.69) is 22.4 Å². The number of hydrogen-bond donors (Lipinski definition) is 1. The molecule has 1 aromatic heterocycles. The normalized spacial score (nSPS) is 28.9. The lowest BCUT2D eigenvalue weighted by molar-refractivity contribution is 0.311. The van der Waals surface area contributed by atoms with Gasteiger partial charge in [0.1, 0.15) is 0 Å². The molecule has 4 nitrogen and oxygen atoms in total. The molecule has 2 aliphatic rings. The zero-order chi connectivity index (χ0) is 13.1. The predicted octanol–water partition coefficient (Wildman–Crippen LogP) is 2.91. The molecule has 0 amide bonds.